The highest BCUT2D eigenvalue weighted by atomic mass is 35.5. The monoisotopic (exact) mass is 704 g/mol. The second-order valence-electron chi connectivity index (χ2n) is 10.5. The van der Waals surface area contributed by atoms with E-state index < -0.39 is 65.2 Å². The summed E-state index contributed by atoms with van der Waals surface area (Å²) in [4.78, 5) is 28.6. The SMILES string of the molecule is CC(F)(F)CN1C(=O)c2[nH]nc(-c3cccc4[nH]c(=O)oc34)c2C1c1ccc(Oc2ccc(OC(F)(F)F)c(Cl)c2)c(OC(F)(F)F)c1. The molecule has 2 aromatic heterocycles. The highest BCUT2D eigenvalue weighted by Gasteiger charge is 2.46. The van der Waals surface area contributed by atoms with Crippen molar-refractivity contribution in [1.29, 1.82) is 0 Å². The summed E-state index contributed by atoms with van der Waals surface area (Å²) in [5, 5.41) is 6.06. The Morgan fingerprint density at radius 1 is 0.917 bits per heavy atom. The number of hydrogen-bond acceptors (Lipinski definition) is 7. The van der Waals surface area contributed by atoms with Gasteiger partial charge in [-0.15, -0.1) is 26.3 Å². The van der Waals surface area contributed by atoms with Gasteiger partial charge in [0, 0.05) is 24.1 Å². The van der Waals surface area contributed by atoms with Gasteiger partial charge in [-0.2, -0.15) is 5.10 Å². The number of alkyl halides is 8. The van der Waals surface area contributed by atoms with Gasteiger partial charge in [0.25, 0.3) is 11.8 Å². The zero-order valence-electron chi connectivity index (χ0n) is 23.7. The zero-order chi connectivity index (χ0) is 34.8. The Morgan fingerprint density at radius 3 is 2.27 bits per heavy atom. The first-order valence-corrected chi connectivity index (χ1v) is 13.8. The number of carbonyl (C=O) groups excluding carboxylic acids is 1. The van der Waals surface area contributed by atoms with E-state index in [4.69, 9.17) is 20.8 Å². The smallest absolute Gasteiger partial charge is 0.453 e. The van der Waals surface area contributed by atoms with Crippen molar-refractivity contribution in [2.24, 2.45) is 0 Å². The first-order valence-electron chi connectivity index (χ1n) is 13.4. The Kier molecular flexibility index (Phi) is 7.80. The molecule has 1 unspecified atom stereocenters. The van der Waals surface area contributed by atoms with Crippen LogP contribution in [0.5, 0.6) is 23.0 Å². The topological polar surface area (TPSA) is 123 Å². The van der Waals surface area contributed by atoms with Crippen molar-refractivity contribution in [1.82, 2.24) is 20.1 Å². The minimum Gasteiger partial charge on any atom is -0.453 e. The van der Waals surface area contributed by atoms with E-state index >= 15 is 0 Å². The molecule has 1 atom stereocenters. The van der Waals surface area contributed by atoms with Crippen molar-refractivity contribution >= 4 is 28.6 Å². The number of para-hydroxylation sites is 1. The van der Waals surface area contributed by atoms with Crippen LogP contribution in [0.15, 0.2) is 63.8 Å². The molecule has 0 saturated heterocycles. The number of benzene rings is 3. The summed E-state index contributed by atoms with van der Waals surface area (Å²) < 4.78 is 126. The van der Waals surface area contributed by atoms with Crippen LogP contribution in [0.3, 0.4) is 0 Å². The average Bonchev–Trinajstić information content (AvgIpc) is 3.62. The number of aromatic amines is 2. The van der Waals surface area contributed by atoms with Crippen LogP contribution in [0.1, 0.15) is 34.6 Å². The van der Waals surface area contributed by atoms with Crippen LogP contribution >= 0.6 is 11.6 Å². The van der Waals surface area contributed by atoms with Crippen LogP contribution in [0, 0.1) is 0 Å². The predicted molar refractivity (Wildman–Crippen MR) is 149 cm³/mol. The molecule has 2 N–H and O–H groups in total. The van der Waals surface area contributed by atoms with Gasteiger partial charge in [-0.05, 0) is 42.0 Å². The van der Waals surface area contributed by atoms with Crippen molar-refractivity contribution in [3.63, 3.8) is 0 Å². The van der Waals surface area contributed by atoms with Gasteiger partial charge in [0.05, 0.1) is 23.1 Å². The maximum Gasteiger partial charge on any atom is 0.573 e. The minimum absolute atomic E-state index is 0.0115. The molecule has 0 spiro atoms. The van der Waals surface area contributed by atoms with Crippen molar-refractivity contribution in [3.8, 4) is 34.3 Å². The van der Waals surface area contributed by atoms with Gasteiger partial charge < -0.3 is 23.5 Å². The Bertz CT molecular complexity index is 2100. The van der Waals surface area contributed by atoms with E-state index in [-0.39, 0.29) is 44.9 Å². The minimum atomic E-state index is -5.31. The number of ether oxygens (including phenoxy) is 3. The molecular formula is C29H17ClF8N4O6. The Balaban J connectivity index is 1.46. The summed E-state index contributed by atoms with van der Waals surface area (Å²) >= 11 is 5.83. The van der Waals surface area contributed by atoms with Crippen molar-refractivity contribution in [3.05, 3.63) is 87.0 Å². The maximum atomic E-state index is 14.4. The Hall–Kier alpha value is -5.26. The van der Waals surface area contributed by atoms with Gasteiger partial charge in [0.2, 0.25) is 0 Å². The Morgan fingerprint density at radius 2 is 1.60 bits per heavy atom. The van der Waals surface area contributed by atoms with Crippen molar-refractivity contribution in [2.45, 2.75) is 31.6 Å². The van der Waals surface area contributed by atoms with Crippen LogP contribution in [-0.4, -0.2) is 51.2 Å². The summed E-state index contributed by atoms with van der Waals surface area (Å²) in [5.74, 6) is -7.98. The standard InChI is InChI=1S/C29H17ClF8N4O6/c1-27(31,32)11-42-23(20-21(40-41-22(20)25(42)43)14-3-2-4-16-24(14)46-26(44)39-16)12-5-7-18(19(9-12)48-29(36,37)38)45-13-6-8-17(15(30)10-13)47-28(33,34)35/h2-10,23H,11H2,1H3,(H,39,44)(H,40,41). The van der Waals surface area contributed by atoms with E-state index in [0.717, 1.165) is 35.2 Å². The number of oxazole rings is 1. The zero-order valence-corrected chi connectivity index (χ0v) is 24.5. The molecule has 0 aliphatic carbocycles. The van der Waals surface area contributed by atoms with Gasteiger partial charge in [-0.25, -0.2) is 13.6 Å². The lowest BCUT2D eigenvalue weighted by Gasteiger charge is -2.29. The third kappa shape index (κ3) is 6.60. The Labute approximate surface area is 266 Å². The molecule has 6 rings (SSSR count). The maximum absolute atomic E-state index is 14.4. The number of rotatable bonds is 8. The van der Waals surface area contributed by atoms with E-state index in [1.807, 2.05) is 0 Å². The van der Waals surface area contributed by atoms with Crippen LogP contribution < -0.4 is 20.0 Å². The fourth-order valence-corrected chi connectivity index (χ4v) is 5.44. The third-order valence-electron chi connectivity index (χ3n) is 6.88. The van der Waals surface area contributed by atoms with Gasteiger partial charge in [-0.3, -0.25) is 14.9 Å². The number of nitrogens with zero attached hydrogens (tertiary/aromatic N) is 2. The predicted octanol–water partition coefficient (Wildman–Crippen LogP) is 7.95. The van der Waals surface area contributed by atoms with Gasteiger partial charge >= 0.3 is 18.5 Å². The second kappa shape index (κ2) is 11.5. The number of amides is 1. The van der Waals surface area contributed by atoms with E-state index in [2.05, 4.69) is 24.7 Å². The lowest BCUT2D eigenvalue weighted by atomic mass is 9.95. The van der Waals surface area contributed by atoms with Crippen molar-refractivity contribution in [2.75, 3.05) is 6.54 Å². The van der Waals surface area contributed by atoms with Crippen LogP contribution in [-0.2, 0) is 0 Å². The number of halogens is 9. The van der Waals surface area contributed by atoms with Gasteiger partial charge in [0.15, 0.2) is 17.1 Å². The van der Waals surface area contributed by atoms with Crippen molar-refractivity contribution < 1.29 is 58.5 Å². The van der Waals surface area contributed by atoms with E-state index in [1.54, 1.807) is 0 Å². The average molecular weight is 705 g/mol. The first-order chi connectivity index (χ1) is 22.4. The van der Waals surface area contributed by atoms with Crippen LogP contribution in [0.25, 0.3) is 22.4 Å². The summed E-state index contributed by atoms with van der Waals surface area (Å²) in [6, 6.07) is 8.51. The molecule has 3 aromatic carbocycles. The third-order valence-corrected chi connectivity index (χ3v) is 7.17. The fraction of sp³-hybridized carbons (Fsp3) is 0.207. The summed E-state index contributed by atoms with van der Waals surface area (Å²) in [7, 11) is 0. The first kappa shape index (κ1) is 32.7. The second-order valence-corrected chi connectivity index (χ2v) is 10.9. The molecule has 0 radical (unpaired) electrons. The number of fused-ring (bicyclic) bond motifs is 2. The van der Waals surface area contributed by atoms with Gasteiger partial charge in [0.1, 0.15) is 22.9 Å². The normalized spacial score (nSPS) is 15.2. The van der Waals surface area contributed by atoms with Crippen LogP contribution in [0.4, 0.5) is 35.1 Å². The number of hydrogen-bond donors (Lipinski definition) is 2. The van der Waals surface area contributed by atoms with E-state index in [9.17, 15) is 44.7 Å². The molecule has 0 fully saturated rings. The molecule has 0 bridgehead atoms. The lowest BCUT2D eigenvalue weighted by Crippen LogP contribution is -2.38. The van der Waals surface area contributed by atoms with Gasteiger partial charge in [-0.1, -0.05) is 23.7 Å². The molecule has 10 nitrogen and oxygen atoms in total. The number of H-pyrrole nitrogens is 2. The van der Waals surface area contributed by atoms with E-state index in [0.29, 0.717) is 6.92 Å². The summed E-state index contributed by atoms with van der Waals surface area (Å²) in [5.41, 5.74) is -0.0242. The fourth-order valence-electron chi connectivity index (χ4n) is 5.23. The summed E-state index contributed by atoms with van der Waals surface area (Å²) in [6.07, 6.45) is -10.4. The molecule has 3 heterocycles. The molecule has 19 heteroatoms. The molecule has 252 valence electrons. The summed E-state index contributed by atoms with van der Waals surface area (Å²) in [6.45, 7) is -0.621. The lowest BCUT2D eigenvalue weighted by molar-refractivity contribution is -0.275. The highest BCUT2D eigenvalue weighted by molar-refractivity contribution is 6.32. The molecule has 1 amide bonds. The molecule has 5 aromatic rings. The number of nitrogens with one attached hydrogen (secondary N) is 2. The molecule has 48 heavy (non-hydrogen) atoms. The quantitative estimate of drug-likeness (QED) is 0.157. The highest BCUT2D eigenvalue weighted by Crippen LogP contribution is 2.47. The number of aromatic nitrogens is 3. The van der Waals surface area contributed by atoms with E-state index in [1.165, 1.54) is 24.3 Å². The molecular weight excluding hydrogens is 688 g/mol. The molecule has 1 aliphatic heterocycles. The molecule has 1 aliphatic rings. The van der Waals surface area contributed by atoms with Crippen LogP contribution in [0.2, 0.25) is 5.02 Å². The number of carbonyl (C=O) groups is 1. The largest absolute Gasteiger partial charge is 0.573 e. The molecule has 0 saturated carbocycles.